The molecule has 0 heterocycles. The van der Waals surface area contributed by atoms with Crippen molar-refractivity contribution in [1.29, 1.82) is 0 Å². The van der Waals surface area contributed by atoms with E-state index in [0.29, 0.717) is 0 Å². The van der Waals surface area contributed by atoms with Crippen molar-refractivity contribution in [2.75, 3.05) is 0 Å². The van der Waals surface area contributed by atoms with E-state index in [1.54, 1.807) is 0 Å². The minimum atomic E-state index is -1.76. The van der Waals surface area contributed by atoms with E-state index in [0.717, 1.165) is 6.92 Å². The summed E-state index contributed by atoms with van der Waals surface area (Å²) in [6.07, 6.45) is 0. The molecule has 0 spiro atoms. The fraction of sp³-hybridized carbons (Fsp3) is 0.182. The Kier molecular flexibility index (Phi) is 3.40. The van der Waals surface area contributed by atoms with Crippen molar-refractivity contribution < 1.29 is 24.6 Å². The van der Waals surface area contributed by atoms with E-state index < -0.39 is 23.5 Å². The maximum atomic E-state index is 11.7. The minimum absolute atomic E-state index is 0.162. The lowest BCUT2D eigenvalue weighted by Crippen LogP contribution is -2.30. The summed E-state index contributed by atoms with van der Waals surface area (Å²) in [5, 5.41) is 18.1. The number of phenolic OH excluding ortho intramolecular Hbond substituents is 1. The molecule has 0 fully saturated rings. The number of hydrogen-bond acceptors (Lipinski definition) is 4. The highest BCUT2D eigenvalue weighted by molar-refractivity contribution is 6.22. The molecule has 1 aromatic carbocycles. The van der Waals surface area contributed by atoms with E-state index in [1.807, 2.05) is 0 Å². The van der Waals surface area contributed by atoms with Crippen molar-refractivity contribution in [1.82, 2.24) is 0 Å². The first kappa shape index (κ1) is 11.9. The second-order valence-electron chi connectivity index (χ2n) is 3.26. The van der Waals surface area contributed by atoms with Gasteiger partial charge in [-0.25, -0.2) is 0 Å². The van der Waals surface area contributed by atoms with Gasteiger partial charge in [0, 0.05) is 0 Å². The van der Waals surface area contributed by atoms with Crippen LogP contribution in [0.5, 0.6) is 5.75 Å². The number of ketones is 2. The molecule has 0 aliphatic carbocycles. The van der Waals surface area contributed by atoms with Crippen molar-refractivity contribution in [3.8, 4) is 5.75 Å². The van der Waals surface area contributed by atoms with Crippen LogP contribution in [0.15, 0.2) is 24.3 Å². The third-order valence-corrected chi connectivity index (χ3v) is 2.09. The molecule has 0 saturated heterocycles. The molecule has 0 bridgehead atoms. The zero-order valence-electron chi connectivity index (χ0n) is 8.51. The summed E-state index contributed by atoms with van der Waals surface area (Å²) in [4.78, 5) is 33.5. The molecule has 0 aromatic heterocycles. The molecule has 0 aliphatic rings. The number of carboxylic acids is 1. The maximum Gasteiger partial charge on any atom is 0.322 e. The van der Waals surface area contributed by atoms with Gasteiger partial charge in [0.2, 0.25) is 0 Å². The number of aliphatic carboxylic acids is 1. The number of benzene rings is 1. The van der Waals surface area contributed by atoms with Crippen LogP contribution >= 0.6 is 0 Å². The molecular formula is C11H10O5. The third-order valence-electron chi connectivity index (χ3n) is 2.09. The fourth-order valence-electron chi connectivity index (χ4n) is 1.31. The molecule has 0 saturated carbocycles. The summed E-state index contributed by atoms with van der Waals surface area (Å²) < 4.78 is 0. The van der Waals surface area contributed by atoms with Crippen molar-refractivity contribution in [3.63, 3.8) is 0 Å². The summed E-state index contributed by atoms with van der Waals surface area (Å²) in [6.45, 7) is 1.02. The lowest BCUT2D eigenvalue weighted by molar-refractivity contribution is -0.143. The number of carboxylic acid groups (broad SMARTS) is 1. The number of para-hydroxylation sites is 1. The van der Waals surface area contributed by atoms with Gasteiger partial charge in [-0.2, -0.15) is 0 Å². The van der Waals surface area contributed by atoms with Crippen LogP contribution < -0.4 is 0 Å². The van der Waals surface area contributed by atoms with Crippen LogP contribution in [-0.2, 0) is 9.59 Å². The van der Waals surface area contributed by atoms with Crippen molar-refractivity contribution in [2.24, 2.45) is 5.92 Å². The van der Waals surface area contributed by atoms with Crippen LogP contribution in [0.4, 0.5) is 0 Å². The Morgan fingerprint density at radius 3 is 2.19 bits per heavy atom. The monoisotopic (exact) mass is 222 g/mol. The second-order valence-corrected chi connectivity index (χ2v) is 3.26. The molecule has 1 atom stereocenters. The van der Waals surface area contributed by atoms with E-state index in [2.05, 4.69) is 0 Å². The third kappa shape index (κ3) is 2.25. The maximum absolute atomic E-state index is 11.7. The normalized spacial score (nSPS) is 11.8. The van der Waals surface area contributed by atoms with Gasteiger partial charge in [0.05, 0.1) is 5.56 Å². The van der Waals surface area contributed by atoms with Crippen LogP contribution in [0.1, 0.15) is 17.3 Å². The van der Waals surface area contributed by atoms with Gasteiger partial charge < -0.3 is 10.2 Å². The van der Waals surface area contributed by atoms with Gasteiger partial charge in [-0.15, -0.1) is 0 Å². The van der Waals surface area contributed by atoms with Crippen LogP contribution in [-0.4, -0.2) is 27.7 Å². The largest absolute Gasteiger partial charge is 0.507 e. The smallest absolute Gasteiger partial charge is 0.322 e. The fourth-order valence-corrected chi connectivity index (χ4v) is 1.31. The van der Waals surface area contributed by atoms with E-state index in [9.17, 15) is 19.5 Å². The number of rotatable bonds is 4. The lowest BCUT2D eigenvalue weighted by atomic mass is 9.94. The minimum Gasteiger partial charge on any atom is -0.507 e. The molecule has 0 amide bonds. The predicted octanol–water partition coefficient (Wildman–Crippen LogP) is 0.865. The van der Waals surface area contributed by atoms with Crippen molar-refractivity contribution in [3.05, 3.63) is 29.8 Å². The molecule has 1 aromatic rings. The van der Waals surface area contributed by atoms with Gasteiger partial charge in [0.25, 0.3) is 0 Å². The van der Waals surface area contributed by atoms with Gasteiger partial charge in [0.15, 0.2) is 17.5 Å². The van der Waals surface area contributed by atoms with E-state index in [-0.39, 0.29) is 11.3 Å². The standard InChI is InChI=1S/C11H10O5/c1-6(12)9(11(15)16)10(14)7-4-2-3-5-8(7)13/h2-5,9,13H,1H3,(H,15,16). The Morgan fingerprint density at radius 1 is 1.19 bits per heavy atom. The number of carbonyl (C=O) groups excluding carboxylic acids is 2. The van der Waals surface area contributed by atoms with E-state index in [1.165, 1.54) is 24.3 Å². The van der Waals surface area contributed by atoms with E-state index >= 15 is 0 Å². The van der Waals surface area contributed by atoms with Crippen molar-refractivity contribution in [2.45, 2.75) is 6.92 Å². The Labute approximate surface area is 91.3 Å². The van der Waals surface area contributed by atoms with Crippen LogP contribution in [0.25, 0.3) is 0 Å². The SMILES string of the molecule is CC(=O)C(C(=O)O)C(=O)c1ccccc1O. The number of phenols is 1. The average molecular weight is 222 g/mol. The van der Waals surface area contributed by atoms with Gasteiger partial charge in [-0.1, -0.05) is 12.1 Å². The molecular weight excluding hydrogens is 212 g/mol. The summed E-state index contributed by atoms with van der Waals surface area (Å²) in [7, 11) is 0. The Bertz CT molecular complexity index is 435. The number of Topliss-reactive ketones (excluding diaryl/α,β-unsaturated/α-hetero) is 2. The topological polar surface area (TPSA) is 91.7 Å². The Balaban J connectivity index is 3.15. The summed E-state index contributed by atoms with van der Waals surface area (Å²) in [5.74, 6) is -5.27. The lowest BCUT2D eigenvalue weighted by Gasteiger charge is -2.08. The van der Waals surface area contributed by atoms with Crippen LogP contribution in [0.2, 0.25) is 0 Å². The van der Waals surface area contributed by atoms with Gasteiger partial charge in [-0.05, 0) is 19.1 Å². The first-order chi connectivity index (χ1) is 7.45. The average Bonchev–Trinajstić information content (AvgIpc) is 2.16. The molecule has 1 rings (SSSR count). The van der Waals surface area contributed by atoms with Crippen molar-refractivity contribution >= 4 is 17.5 Å². The molecule has 84 valence electrons. The van der Waals surface area contributed by atoms with Crippen LogP contribution in [0.3, 0.4) is 0 Å². The summed E-state index contributed by atoms with van der Waals surface area (Å²) in [5.41, 5.74) is -0.162. The van der Waals surface area contributed by atoms with Gasteiger partial charge in [0.1, 0.15) is 5.75 Å². The Hall–Kier alpha value is -2.17. The van der Waals surface area contributed by atoms with E-state index in [4.69, 9.17) is 5.11 Å². The first-order valence-corrected chi connectivity index (χ1v) is 4.50. The highest BCUT2D eigenvalue weighted by Gasteiger charge is 2.32. The van der Waals surface area contributed by atoms with Crippen LogP contribution in [0, 0.1) is 5.92 Å². The Morgan fingerprint density at radius 2 is 1.75 bits per heavy atom. The highest BCUT2D eigenvalue weighted by Crippen LogP contribution is 2.20. The van der Waals surface area contributed by atoms with Gasteiger partial charge in [-0.3, -0.25) is 14.4 Å². The molecule has 0 aliphatic heterocycles. The molecule has 16 heavy (non-hydrogen) atoms. The quantitative estimate of drug-likeness (QED) is 0.582. The second kappa shape index (κ2) is 4.57. The molecule has 5 heteroatoms. The zero-order valence-corrected chi connectivity index (χ0v) is 8.51. The molecule has 1 unspecified atom stereocenters. The number of carbonyl (C=O) groups is 3. The summed E-state index contributed by atoms with van der Waals surface area (Å²) in [6, 6.07) is 5.50. The predicted molar refractivity (Wildman–Crippen MR) is 54.2 cm³/mol. The molecule has 5 nitrogen and oxygen atoms in total. The zero-order chi connectivity index (χ0) is 12.3. The number of aromatic hydroxyl groups is 1. The summed E-state index contributed by atoms with van der Waals surface area (Å²) >= 11 is 0. The molecule has 0 radical (unpaired) electrons. The number of hydrogen-bond donors (Lipinski definition) is 2. The first-order valence-electron chi connectivity index (χ1n) is 4.50. The van der Waals surface area contributed by atoms with Gasteiger partial charge >= 0.3 is 5.97 Å². The molecule has 2 N–H and O–H groups in total. The highest BCUT2D eigenvalue weighted by atomic mass is 16.4.